The van der Waals surface area contributed by atoms with Gasteiger partial charge in [-0.1, -0.05) is 48.0 Å². The van der Waals surface area contributed by atoms with E-state index in [9.17, 15) is 4.79 Å². The van der Waals surface area contributed by atoms with Crippen LogP contribution >= 0.6 is 23.1 Å². The second-order valence-electron chi connectivity index (χ2n) is 8.18. The molecule has 0 saturated carbocycles. The normalized spacial score (nSPS) is 11.3. The molecule has 1 amide bonds. The number of nitrogens with one attached hydrogen (secondary N) is 1. The van der Waals surface area contributed by atoms with E-state index in [0.29, 0.717) is 32.6 Å². The highest BCUT2D eigenvalue weighted by atomic mass is 35.5. The van der Waals surface area contributed by atoms with Crippen LogP contribution in [0.3, 0.4) is 0 Å². The van der Waals surface area contributed by atoms with E-state index in [0.717, 1.165) is 33.9 Å². The van der Waals surface area contributed by atoms with Gasteiger partial charge in [-0.3, -0.25) is 10.1 Å². The zero-order chi connectivity index (χ0) is 23.8. The Balaban J connectivity index is 1.55. The van der Waals surface area contributed by atoms with E-state index in [1.165, 1.54) is 0 Å². The lowest BCUT2D eigenvalue weighted by molar-refractivity contribution is 0.102. The summed E-state index contributed by atoms with van der Waals surface area (Å²) in [7, 11) is 0. The largest absolute Gasteiger partial charge is 0.297 e. The van der Waals surface area contributed by atoms with Gasteiger partial charge in [-0.15, -0.1) is 0 Å². The van der Waals surface area contributed by atoms with Gasteiger partial charge in [-0.05, 0) is 44.5 Å². The van der Waals surface area contributed by atoms with Crippen molar-refractivity contribution in [3.05, 3.63) is 76.9 Å². The van der Waals surface area contributed by atoms with Crippen molar-refractivity contribution in [2.75, 3.05) is 5.32 Å². The van der Waals surface area contributed by atoms with Gasteiger partial charge in [-0.2, -0.15) is 14.5 Å². The number of fused-ring (bicyclic) bond motifs is 1. The average Bonchev–Trinajstić information content (AvgIpc) is 3.46. The van der Waals surface area contributed by atoms with Crippen molar-refractivity contribution >= 4 is 45.2 Å². The molecule has 2 aromatic carbocycles. The van der Waals surface area contributed by atoms with Crippen molar-refractivity contribution in [3.8, 4) is 22.6 Å². The van der Waals surface area contributed by atoms with Crippen molar-refractivity contribution in [1.82, 2.24) is 24.1 Å². The highest BCUT2D eigenvalue weighted by molar-refractivity contribution is 7.10. The maximum atomic E-state index is 13.4. The van der Waals surface area contributed by atoms with Crippen LogP contribution in [0.2, 0.25) is 5.02 Å². The lowest BCUT2D eigenvalue weighted by Crippen LogP contribution is -2.13. The van der Waals surface area contributed by atoms with Crippen LogP contribution < -0.4 is 5.32 Å². The maximum Gasteiger partial charge on any atom is 0.258 e. The van der Waals surface area contributed by atoms with Crippen LogP contribution in [-0.4, -0.2) is 30.0 Å². The molecule has 0 unspecified atom stereocenters. The molecular weight excluding hydrogens is 468 g/mol. The van der Waals surface area contributed by atoms with E-state index in [4.69, 9.17) is 16.6 Å². The Kier molecular flexibility index (Phi) is 5.85. The zero-order valence-corrected chi connectivity index (χ0v) is 20.4. The third-order valence-electron chi connectivity index (χ3n) is 5.45. The minimum Gasteiger partial charge on any atom is -0.297 e. The molecule has 0 aliphatic rings. The fraction of sp³-hybridized carbons (Fsp3) is 0.160. The number of benzene rings is 2. The van der Waals surface area contributed by atoms with Crippen LogP contribution in [0.25, 0.3) is 33.7 Å². The third kappa shape index (κ3) is 4.18. The maximum absolute atomic E-state index is 13.4. The number of carbonyl (C=O) groups is 1. The summed E-state index contributed by atoms with van der Waals surface area (Å²) in [6, 6.07) is 17.2. The summed E-state index contributed by atoms with van der Waals surface area (Å²) in [5.41, 5.74) is 4.69. The fourth-order valence-electron chi connectivity index (χ4n) is 3.77. The molecule has 0 fully saturated rings. The first-order valence-electron chi connectivity index (χ1n) is 10.8. The van der Waals surface area contributed by atoms with Crippen molar-refractivity contribution in [3.63, 3.8) is 0 Å². The molecule has 3 heterocycles. The smallest absolute Gasteiger partial charge is 0.258 e. The molecule has 7 nitrogen and oxygen atoms in total. The van der Waals surface area contributed by atoms with Gasteiger partial charge in [0, 0.05) is 33.7 Å². The molecule has 5 aromatic rings. The number of aryl methyl sites for hydroxylation is 1. The highest BCUT2D eigenvalue weighted by Crippen LogP contribution is 2.29. The monoisotopic (exact) mass is 488 g/mol. The minimum absolute atomic E-state index is 0.0939. The Morgan fingerprint density at radius 1 is 1.09 bits per heavy atom. The first kappa shape index (κ1) is 22.2. The number of rotatable bonds is 5. The third-order valence-corrected chi connectivity index (χ3v) is 6.32. The molecule has 1 N–H and O–H groups in total. The van der Waals surface area contributed by atoms with E-state index in [2.05, 4.69) is 19.8 Å². The molecular formula is C25H21ClN6OS. The summed E-state index contributed by atoms with van der Waals surface area (Å²) in [5.74, 6) is 0.218. The van der Waals surface area contributed by atoms with E-state index < -0.39 is 0 Å². The molecule has 0 spiro atoms. The lowest BCUT2D eigenvalue weighted by Gasteiger charge is -2.11. The molecule has 0 radical (unpaired) electrons. The van der Waals surface area contributed by atoms with E-state index >= 15 is 0 Å². The van der Waals surface area contributed by atoms with Crippen LogP contribution in [0.1, 0.15) is 35.8 Å². The molecule has 9 heteroatoms. The predicted octanol–water partition coefficient (Wildman–Crippen LogP) is 6.41. The van der Waals surface area contributed by atoms with Gasteiger partial charge in [0.1, 0.15) is 0 Å². The molecule has 0 bridgehead atoms. The van der Waals surface area contributed by atoms with Crippen molar-refractivity contribution < 1.29 is 4.79 Å². The molecule has 170 valence electrons. The van der Waals surface area contributed by atoms with Gasteiger partial charge >= 0.3 is 0 Å². The standard InChI is InChI=1S/C25H21ClN6OS/c1-14(2)32-23-20(13-27-32)19(12-21(28-23)18-10-5-4-7-15(18)3)24(33)30-25-29-22(31-34-25)16-8-6-9-17(26)11-16/h4-14H,1-3H3,(H,29,30,31,33). The molecule has 0 atom stereocenters. The summed E-state index contributed by atoms with van der Waals surface area (Å²) in [6.45, 7) is 6.10. The van der Waals surface area contributed by atoms with Crippen LogP contribution in [-0.2, 0) is 0 Å². The highest BCUT2D eigenvalue weighted by Gasteiger charge is 2.20. The average molecular weight is 489 g/mol. The number of halogens is 1. The summed E-state index contributed by atoms with van der Waals surface area (Å²) < 4.78 is 6.20. The predicted molar refractivity (Wildman–Crippen MR) is 136 cm³/mol. The number of carbonyl (C=O) groups excluding carboxylic acids is 1. The van der Waals surface area contributed by atoms with E-state index in [1.807, 2.05) is 67.9 Å². The fourth-order valence-corrected chi connectivity index (χ4v) is 4.54. The van der Waals surface area contributed by atoms with Gasteiger partial charge in [0.05, 0.1) is 22.8 Å². The van der Waals surface area contributed by atoms with Crippen LogP contribution in [0.4, 0.5) is 5.13 Å². The lowest BCUT2D eigenvalue weighted by atomic mass is 10.0. The van der Waals surface area contributed by atoms with Gasteiger partial charge < -0.3 is 0 Å². The Hall–Kier alpha value is -3.62. The summed E-state index contributed by atoms with van der Waals surface area (Å²) in [4.78, 5) is 22.8. The number of amides is 1. The second kappa shape index (κ2) is 8.96. The Bertz CT molecular complexity index is 1520. The van der Waals surface area contributed by atoms with Crippen molar-refractivity contribution in [2.24, 2.45) is 0 Å². The van der Waals surface area contributed by atoms with Crippen LogP contribution in [0.5, 0.6) is 0 Å². The first-order valence-corrected chi connectivity index (χ1v) is 11.9. The second-order valence-corrected chi connectivity index (χ2v) is 9.37. The van der Waals surface area contributed by atoms with Crippen molar-refractivity contribution in [2.45, 2.75) is 26.8 Å². The van der Waals surface area contributed by atoms with E-state index in [1.54, 1.807) is 18.3 Å². The molecule has 0 aliphatic carbocycles. The zero-order valence-electron chi connectivity index (χ0n) is 18.8. The number of hydrogen-bond donors (Lipinski definition) is 1. The molecule has 34 heavy (non-hydrogen) atoms. The number of nitrogens with zero attached hydrogens (tertiary/aromatic N) is 5. The summed E-state index contributed by atoms with van der Waals surface area (Å²) in [5, 5.41) is 9.07. The SMILES string of the molecule is Cc1ccccc1-c1cc(C(=O)Nc2nc(-c3cccc(Cl)c3)ns2)c2cnn(C(C)C)c2n1. The van der Waals surface area contributed by atoms with Crippen LogP contribution in [0, 0.1) is 6.92 Å². The van der Waals surface area contributed by atoms with Crippen LogP contribution in [0.15, 0.2) is 60.8 Å². The summed E-state index contributed by atoms with van der Waals surface area (Å²) >= 11 is 7.21. The van der Waals surface area contributed by atoms with Crippen molar-refractivity contribution in [1.29, 1.82) is 0 Å². The number of aromatic nitrogens is 5. The Labute approximate surface area is 205 Å². The quantitative estimate of drug-likeness (QED) is 0.309. The molecule has 3 aromatic heterocycles. The van der Waals surface area contributed by atoms with Gasteiger partial charge in [0.25, 0.3) is 5.91 Å². The Morgan fingerprint density at radius 3 is 2.68 bits per heavy atom. The Morgan fingerprint density at radius 2 is 1.91 bits per heavy atom. The topological polar surface area (TPSA) is 85.6 Å². The molecule has 0 saturated heterocycles. The van der Waals surface area contributed by atoms with Gasteiger partial charge in [0.15, 0.2) is 11.5 Å². The summed E-state index contributed by atoms with van der Waals surface area (Å²) in [6.07, 6.45) is 1.69. The molecule has 0 aliphatic heterocycles. The minimum atomic E-state index is -0.292. The van der Waals surface area contributed by atoms with Gasteiger partial charge in [0.2, 0.25) is 5.13 Å². The first-order chi connectivity index (χ1) is 16.4. The van der Waals surface area contributed by atoms with Gasteiger partial charge in [-0.25, -0.2) is 9.67 Å². The number of hydrogen-bond acceptors (Lipinski definition) is 6. The number of pyridine rings is 1. The number of anilines is 1. The van der Waals surface area contributed by atoms with E-state index in [-0.39, 0.29) is 11.9 Å². The molecule has 5 rings (SSSR count).